The number of hydrogen-bond acceptors (Lipinski definition) is 3. The molecule has 1 aliphatic rings. The second-order valence-electron chi connectivity index (χ2n) is 4.27. The van der Waals surface area contributed by atoms with Crippen molar-refractivity contribution in [1.82, 2.24) is 10.6 Å². The molecule has 0 radical (unpaired) electrons. The van der Waals surface area contributed by atoms with Gasteiger partial charge >= 0.3 is 0 Å². The molecule has 0 heterocycles. The third-order valence-electron chi connectivity index (χ3n) is 2.78. The Balaban J connectivity index is 2.03. The van der Waals surface area contributed by atoms with Crippen molar-refractivity contribution in [2.75, 3.05) is 13.1 Å². The first-order valence-electron chi connectivity index (χ1n) is 6.00. The summed E-state index contributed by atoms with van der Waals surface area (Å²) in [5, 5.41) is 14.7. The highest BCUT2D eigenvalue weighted by Gasteiger charge is 2.13. The van der Waals surface area contributed by atoms with E-state index in [2.05, 4.69) is 10.6 Å². The molecule has 0 aliphatic heterocycles. The predicted molar refractivity (Wildman–Crippen MR) is 64.4 cm³/mol. The molecule has 0 aromatic rings. The van der Waals surface area contributed by atoms with Crippen LogP contribution in [-0.4, -0.2) is 30.0 Å². The van der Waals surface area contributed by atoms with E-state index in [4.69, 9.17) is 0 Å². The van der Waals surface area contributed by atoms with E-state index >= 15 is 0 Å². The average molecular weight is 240 g/mol. The normalized spacial score (nSPS) is 13.8. The van der Waals surface area contributed by atoms with Crippen LogP contribution in [0.3, 0.4) is 0 Å². The summed E-state index contributed by atoms with van der Waals surface area (Å²) in [6.07, 6.45) is 4.55. The van der Waals surface area contributed by atoms with Gasteiger partial charge in [-0.25, -0.2) is 0 Å². The molecular weight excluding hydrogens is 220 g/mol. The Hall–Kier alpha value is -1.52. The van der Waals surface area contributed by atoms with Crippen molar-refractivity contribution in [3.63, 3.8) is 0 Å². The van der Waals surface area contributed by atoms with Gasteiger partial charge in [-0.3, -0.25) is 9.59 Å². The van der Waals surface area contributed by atoms with Gasteiger partial charge in [0.05, 0.1) is 12.3 Å². The molecule has 96 valence electrons. The molecular formula is C12H20N2O3. The van der Waals surface area contributed by atoms with Crippen LogP contribution in [0.1, 0.15) is 39.0 Å². The lowest BCUT2D eigenvalue weighted by atomic mass is 9.90. The molecule has 0 unspecified atom stereocenters. The third kappa shape index (κ3) is 5.38. The SMILES string of the molecule is CC(=O)NCC(=O)NCCCC(O)=C1CCC1. The smallest absolute Gasteiger partial charge is 0.239 e. The van der Waals surface area contributed by atoms with E-state index in [1.165, 1.54) is 13.3 Å². The molecule has 0 spiro atoms. The van der Waals surface area contributed by atoms with E-state index in [1.54, 1.807) is 0 Å². The minimum absolute atomic E-state index is 0.0163. The maximum atomic E-state index is 11.2. The summed E-state index contributed by atoms with van der Waals surface area (Å²) in [7, 11) is 0. The van der Waals surface area contributed by atoms with Crippen LogP contribution >= 0.6 is 0 Å². The Morgan fingerprint density at radius 2 is 2.00 bits per heavy atom. The molecule has 3 N–H and O–H groups in total. The number of aliphatic hydroxyl groups is 1. The molecule has 1 saturated carbocycles. The number of carbonyl (C=O) groups is 2. The van der Waals surface area contributed by atoms with E-state index in [1.807, 2.05) is 0 Å². The van der Waals surface area contributed by atoms with E-state index in [9.17, 15) is 14.7 Å². The first-order valence-corrected chi connectivity index (χ1v) is 6.00. The quantitative estimate of drug-likeness (QED) is 0.479. The standard InChI is InChI=1S/C12H20N2O3/c1-9(15)14-8-12(17)13-7-3-6-11(16)10-4-2-5-10/h16H,2-8H2,1H3,(H,13,17)(H,14,15). The number of aliphatic hydroxyl groups excluding tert-OH is 1. The lowest BCUT2D eigenvalue weighted by molar-refractivity contribution is -0.125. The van der Waals surface area contributed by atoms with Gasteiger partial charge in [-0.15, -0.1) is 0 Å². The minimum atomic E-state index is -0.215. The van der Waals surface area contributed by atoms with Crippen LogP contribution in [0.4, 0.5) is 0 Å². The molecule has 0 bridgehead atoms. The van der Waals surface area contributed by atoms with Crippen LogP contribution in [-0.2, 0) is 9.59 Å². The Kier molecular flexibility index (Phi) is 5.52. The van der Waals surface area contributed by atoms with Gasteiger partial charge in [0.1, 0.15) is 0 Å². The van der Waals surface area contributed by atoms with Gasteiger partial charge in [-0.2, -0.15) is 0 Å². The lowest BCUT2D eigenvalue weighted by Gasteiger charge is -2.18. The van der Waals surface area contributed by atoms with Crippen molar-refractivity contribution in [3.05, 3.63) is 11.3 Å². The predicted octanol–water partition coefficient (Wildman–Crippen LogP) is 1.01. The first kappa shape index (κ1) is 13.5. The zero-order valence-corrected chi connectivity index (χ0v) is 10.2. The van der Waals surface area contributed by atoms with Crippen LogP contribution in [0.25, 0.3) is 0 Å². The van der Waals surface area contributed by atoms with Gasteiger partial charge in [-0.1, -0.05) is 0 Å². The molecule has 5 nitrogen and oxygen atoms in total. The van der Waals surface area contributed by atoms with Crippen LogP contribution in [0, 0.1) is 0 Å². The summed E-state index contributed by atoms with van der Waals surface area (Å²) in [6.45, 7) is 1.91. The maximum Gasteiger partial charge on any atom is 0.239 e. The van der Waals surface area contributed by atoms with E-state index in [-0.39, 0.29) is 18.4 Å². The summed E-state index contributed by atoms with van der Waals surface area (Å²) < 4.78 is 0. The number of amides is 2. The molecule has 1 aliphatic carbocycles. The van der Waals surface area contributed by atoms with Gasteiger partial charge in [0.25, 0.3) is 0 Å². The molecule has 1 rings (SSSR count). The van der Waals surface area contributed by atoms with Crippen LogP contribution < -0.4 is 10.6 Å². The van der Waals surface area contributed by atoms with E-state index in [0.717, 1.165) is 24.8 Å². The molecule has 0 aromatic heterocycles. The third-order valence-corrected chi connectivity index (χ3v) is 2.78. The highest BCUT2D eigenvalue weighted by molar-refractivity contribution is 5.83. The highest BCUT2D eigenvalue weighted by atomic mass is 16.3. The van der Waals surface area contributed by atoms with Gasteiger partial charge in [-0.05, 0) is 31.3 Å². The van der Waals surface area contributed by atoms with E-state index < -0.39 is 0 Å². The van der Waals surface area contributed by atoms with Crippen molar-refractivity contribution >= 4 is 11.8 Å². The maximum absolute atomic E-state index is 11.2. The molecule has 0 atom stereocenters. The topological polar surface area (TPSA) is 78.4 Å². The van der Waals surface area contributed by atoms with Crippen molar-refractivity contribution in [3.8, 4) is 0 Å². The Morgan fingerprint density at radius 1 is 1.29 bits per heavy atom. The van der Waals surface area contributed by atoms with Crippen molar-refractivity contribution < 1.29 is 14.7 Å². The van der Waals surface area contributed by atoms with Gasteiger partial charge in [0.15, 0.2) is 0 Å². The second-order valence-corrected chi connectivity index (χ2v) is 4.27. The Morgan fingerprint density at radius 3 is 2.53 bits per heavy atom. The average Bonchev–Trinajstić information content (AvgIpc) is 2.19. The molecule has 1 fully saturated rings. The van der Waals surface area contributed by atoms with Crippen molar-refractivity contribution in [2.45, 2.75) is 39.0 Å². The van der Waals surface area contributed by atoms with Crippen molar-refractivity contribution in [1.29, 1.82) is 0 Å². The summed E-state index contributed by atoms with van der Waals surface area (Å²) in [4.78, 5) is 21.7. The fourth-order valence-electron chi connectivity index (χ4n) is 1.57. The monoisotopic (exact) mass is 240 g/mol. The highest BCUT2D eigenvalue weighted by Crippen LogP contribution is 2.29. The number of allylic oxidation sites excluding steroid dienone is 2. The number of nitrogens with one attached hydrogen (secondary N) is 2. The largest absolute Gasteiger partial charge is 0.512 e. The van der Waals surface area contributed by atoms with Crippen molar-refractivity contribution in [2.24, 2.45) is 0 Å². The zero-order chi connectivity index (χ0) is 12.7. The number of hydrogen-bond donors (Lipinski definition) is 3. The molecule has 0 saturated heterocycles. The summed E-state index contributed by atoms with van der Waals surface area (Å²) >= 11 is 0. The summed E-state index contributed by atoms with van der Waals surface area (Å²) in [5.74, 6) is 0.0795. The molecule has 2 amide bonds. The molecule has 17 heavy (non-hydrogen) atoms. The Bertz CT molecular complexity index is 318. The lowest BCUT2D eigenvalue weighted by Crippen LogP contribution is -2.36. The number of rotatable bonds is 6. The zero-order valence-electron chi connectivity index (χ0n) is 10.2. The Labute approximate surface area is 101 Å². The minimum Gasteiger partial charge on any atom is -0.512 e. The molecule has 0 aromatic carbocycles. The summed E-state index contributed by atoms with van der Waals surface area (Å²) in [6, 6.07) is 0. The first-order chi connectivity index (χ1) is 8.09. The van der Waals surface area contributed by atoms with Gasteiger partial charge in [0, 0.05) is 19.9 Å². The second kappa shape index (κ2) is 6.93. The van der Waals surface area contributed by atoms with E-state index in [0.29, 0.717) is 18.7 Å². The van der Waals surface area contributed by atoms with Crippen LogP contribution in [0.15, 0.2) is 11.3 Å². The fraction of sp³-hybridized carbons (Fsp3) is 0.667. The van der Waals surface area contributed by atoms with Crippen LogP contribution in [0.2, 0.25) is 0 Å². The molecule has 5 heteroatoms. The number of carbonyl (C=O) groups excluding carboxylic acids is 2. The van der Waals surface area contributed by atoms with Gasteiger partial charge in [0.2, 0.25) is 11.8 Å². The summed E-state index contributed by atoms with van der Waals surface area (Å²) in [5.41, 5.74) is 1.16. The van der Waals surface area contributed by atoms with Gasteiger partial charge < -0.3 is 15.7 Å². The van der Waals surface area contributed by atoms with Crippen LogP contribution in [0.5, 0.6) is 0 Å². The fourth-order valence-corrected chi connectivity index (χ4v) is 1.57.